The molecule has 2 aromatic carbocycles. The average Bonchev–Trinajstić information content (AvgIpc) is 2.38. The molecule has 0 fully saturated rings. The number of hydrogen-bond acceptors (Lipinski definition) is 2. The van der Waals surface area contributed by atoms with Gasteiger partial charge in [-0.25, -0.2) is 8.78 Å². The van der Waals surface area contributed by atoms with Gasteiger partial charge in [0.05, 0.1) is 0 Å². The summed E-state index contributed by atoms with van der Waals surface area (Å²) >= 11 is 0. The number of halogens is 2. The van der Waals surface area contributed by atoms with Gasteiger partial charge >= 0.3 is 0 Å². The fourth-order valence-corrected chi connectivity index (χ4v) is 1.87. The third-order valence-corrected chi connectivity index (χ3v) is 2.93. The Morgan fingerprint density at radius 1 is 1.05 bits per heavy atom. The second-order valence-corrected chi connectivity index (χ2v) is 4.35. The zero-order valence-corrected chi connectivity index (χ0v) is 10.7. The maximum Gasteiger partial charge on any atom is 0.150 e. The van der Waals surface area contributed by atoms with Crippen molar-refractivity contribution in [3.05, 3.63) is 59.2 Å². The molecule has 98 valence electrons. The topological polar surface area (TPSA) is 20.3 Å². The summed E-state index contributed by atoms with van der Waals surface area (Å²) in [5, 5.41) is 0. The molecule has 0 aliphatic heterocycles. The molecular weight excluding hydrogens is 248 g/mol. The van der Waals surface area contributed by atoms with Crippen LogP contribution in [0.3, 0.4) is 0 Å². The first-order valence-corrected chi connectivity index (χ1v) is 5.77. The highest BCUT2D eigenvalue weighted by Gasteiger charge is 2.16. The molecule has 19 heavy (non-hydrogen) atoms. The molecule has 0 bridgehead atoms. The number of carbonyl (C=O) groups excluding carboxylic acids is 1. The lowest BCUT2D eigenvalue weighted by atomic mass is 10.1. The minimum atomic E-state index is -0.759. The molecule has 0 atom stereocenters. The number of benzene rings is 2. The molecule has 2 nitrogen and oxygen atoms in total. The van der Waals surface area contributed by atoms with Gasteiger partial charge in [-0.05, 0) is 31.2 Å². The third-order valence-electron chi connectivity index (χ3n) is 2.93. The highest BCUT2D eigenvalue weighted by molar-refractivity contribution is 5.77. The molecule has 0 heterocycles. The van der Waals surface area contributed by atoms with E-state index in [4.69, 9.17) is 0 Å². The predicted molar refractivity (Wildman–Crippen MR) is 71.0 cm³/mol. The summed E-state index contributed by atoms with van der Waals surface area (Å²) in [5.41, 5.74) is 1.54. The summed E-state index contributed by atoms with van der Waals surface area (Å²) in [4.78, 5) is 12.0. The molecule has 0 spiro atoms. The van der Waals surface area contributed by atoms with Gasteiger partial charge in [0.25, 0.3) is 0 Å². The monoisotopic (exact) mass is 261 g/mol. The Labute approximate surface area is 110 Å². The van der Waals surface area contributed by atoms with Crippen LogP contribution in [0.25, 0.3) is 0 Å². The summed E-state index contributed by atoms with van der Waals surface area (Å²) in [7, 11) is 1.58. The van der Waals surface area contributed by atoms with E-state index in [-0.39, 0.29) is 11.3 Å². The molecule has 0 saturated heterocycles. The normalized spacial score (nSPS) is 10.3. The molecule has 0 aliphatic carbocycles. The molecule has 0 aliphatic rings. The third kappa shape index (κ3) is 2.62. The first-order chi connectivity index (χ1) is 9.02. The lowest BCUT2D eigenvalue weighted by Crippen LogP contribution is -2.13. The Bertz CT molecular complexity index is 585. The Morgan fingerprint density at radius 3 is 2.05 bits per heavy atom. The van der Waals surface area contributed by atoms with Gasteiger partial charge < -0.3 is 4.90 Å². The highest BCUT2D eigenvalue weighted by Crippen LogP contribution is 2.29. The number of anilines is 2. The van der Waals surface area contributed by atoms with E-state index in [0.29, 0.717) is 12.0 Å². The molecule has 0 amide bonds. The van der Waals surface area contributed by atoms with Crippen LogP contribution >= 0.6 is 0 Å². The quantitative estimate of drug-likeness (QED) is 0.782. The van der Waals surface area contributed by atoms with Gasteiger partial charge in [-0.2, -0.15) is 0 Å². The van der Waals surface area contributed by atoms with Crippen LogP contribution in [0.5, 0.6) is 0 Å². The minimum Gasteiger partial charge on any atom is -0.340 e. The van der Waals surface area contributed by atoms with Crippen LogP contribution in [0.1, 0.15) is 15.9 Å². The van der Waals surface area contributed by atoms with Crippen LogP contribution < -0.4 is 4.90 Å². The van der Waals surface area contributed by atoms with Gasteiger partial charge in [0.1, 0.15) is 12.0 Å². The zero-order valence-electron chi connectivity index (χ0n) is 10.7. The summed E-state index contributed by atoms with van der Waals surface area (Å²) in [6, 6.07) is 9.33. The number of nitrogens with zero attached hydrogens (tertiary/aromatic N) is 1. The van der Waals surface area contributed by atoms with Crippen molar-refractivity contribution in [3.63, 3.8) is 0 Å². The standard InChI is InChI=1S/C15H13F2NO/c1-10-3-5-12(6-4-10)18(2)15-13(16)7-11(9-19)8-14(15)17/h3-9H,1-2H3. The molecule has 2 rings (SSSR count). The number of aldehydes is 1. The van der Waals surface area contributed by atoms with E-state index >= 15 is 0 Å². The Morgan fingerprint density at radius 2 is 1.58 bits per heavy atom. The Kier molecular flexibility index (Phi) is 3.60. The zero-order chi connectivity index (χ0) is 14.0. The molecule has 4 heteroatoms. The summed E-state index contributed by atoms with van der Waals surface area (Å²) in [6.45, 7) is 1.93. The first kappa shape index (κ1) is 13.2. The van der Waals surface area contributed by atoms with Crippen LogP contribution in [0, 0.1) is 18.6 Å². The molecule has 2 aromatic rings. The summed E-state index contributed by atoms with van der Waals surface area (Å²) in [6.07, 6.45) is 0.418. The van der Waals surface area contributed by atoms with Crippen molar-refractivity contribution in [2.75, 3.05) is 11.9 Å². The van der Waals surface area contributed by atoms with E-state index < -0.39 is 11.6 Å². The van der Waals surface area contributed by atoms with Gasteiger partial charge in [-0.1, -0.05) is 17.7 Å². The summed E-state index contributed by atoms with van der Waals surface area (Å²) in [5.74, 6) is -1.52. The van der Waals surface area contributed by atoms with E-state index in [1.54, 1.807) is 19.2 Å². The molecule has 0 radical (unpaired) electrons. The second-order valence-electron chi connectivity index (χ2n) is 4.35. The largest absolute Gasteiger partial charge is 0.340 e. The number of rotatable bonds is 3. The minimum absolute atomic E-state index is 0.0175. The van der Waals surface area contributed by atoms with Crippen LogP contribution in [-0.2, 0) is 0 Å². The van der Waals surface area contributed by atoms with E-state index in [1.807, 2.05) is 19.1 Å². The molecule has 0 N–H and O–H groups in total. The number of carbonyl (C=O) groups is 1. The van der Waals surface area contributed by atoms with Crippen molar-refractivity contribution in [1.29, 1.82) is 0 Å². The van der Waals surface area contributed by atoms with E-state index in [0.717, 1.165) is 17.7 Å². The fraction of sp³-hybridized carbons (Fsp3) is 0.133. The Hall–Kier alpha value is -2.23. The van der Waals surface area contributed by atoms with E-state index in [9.17, 15) is 13.6 Å². The van der Waals surface area contributed by atoms with Gasteiger partial charge in [-0.3, -0.25) is 4.79 Å². The maximum atomic E-state index is 13.9. The van der Waals surface area contributed by atoms with Gasteiger partial charge in [0.15, 0.2) is 11.6 Å². The first-order valence-electron chi connectivity index (χ1n) is 5.77. The van der Waals surface area contributed by atoms with Crippen molar-refractivity contribution in [1.82, 2.24) is 0 Å². The van der Waals surface area contributed by atoms with Gasteiger partial charge in [0.2, 0.25) is 0 Å². The predicted octanol–water partition coefficient (Wildman–Crippen LogP) is 3.85. The van der Waals surface area contributed by atoms with E-state index in [2.05, 4.69) is 0 Å². The van der Waals surface area contributed by atoms with Crippen molar-refractivity contribution in [3.8, 4) is 0 Å². The van der Waals surface area contributed by atoms with Gasteiger partial charge in [0, 0.05) is 18.3 Å². The SMILES string of the molecule is Cc1ccc(N(C)c2c(F)cc(C=O)cc2F)cc1. The van der Waals surface area contributed by atoms with Crippen molar-refractivity contribution < 1.29 is 13.6 Å². The van der Waals surface area contributed by atoms with Crippen LogP contribution in [0.4, 0.5) is 20.2 Å². The molecule has 0 aromatic heterocycles. The lowest BCUT2D eigenvalue weighted by molar-refractivity contribution is 0.112. The van der Waals surface area contributed by atoms with Gasteiger partial charge in [-0.15, -0.1) is 0 Å². The smallest absolute Gasteiger partial charge is 0.150 e. The van der Waals surface area contributed by atoms with Crippen molar-refractivity contribution in [2.24, 2.45) is 0 Å². The maximum absolute atomic E-state index is 13.9. The second kappa shape index (κ2) is 5.18. The highest BCUT2D eigenvalue weighted by atomic mass is 19.1. The van der Waals surface area contributed by atoms with Crippen molar-refractivity contribution >= 4 is 17.7 Å². The van der Waals surface area contributed by atoms with Crippen LogP contribution in [-0.4, -0.2) is 13.3 Å². The van der Waals surface area contributed by atoms with Crippen molar-refractivity contribution in [2.45, 2.75) is 6.92 Å². The van der Waals surface area contributed by atoms with Crippen LogP contribution in [0.15, 0.2) is 36.4 Å². The number of aryl methyl sites for hydroxylation is 1. The number of hydrogen-bond donors (Lipinski definition) is 0. The molecule has 0 unspecified atom stereocenters. The lowest BCUT2D eigenvalue weighted by Gasteiger charge is -2.21. The Balaban J connectivity index is 2.46. The molecule has 0 saturated carbocycles. The van der Waals surface area contributed by atoms with Crippen LogP contribution in [0.2, 0.25) is 0 Å². The fourth-order valence-electron chi connectivity index (χ4n) is 1.87. The molecular formula is C15H13F2NO. The average molecular weight is 261 g/mol. The summed E-state index contributed by atoms with van der Waals surface area (Å²) < 4.78 is 27.7. The van der Waals surface area contributed by atoms with E-state index in [1.165, 1.54) is 4.90 Å².